The van der Waals surface area contributed by atoms with Crippen molar-refractivity contribution in [2.24, 2.45) is 7.05 Å². The number of halogens is 2. The predicted octanol–water partition coefficient (Wildman–Crippen LogP) is 4.39. The molecule has 0 aliphatic carbocycles. The molecule has 0 fully saturated rings. The summed E-state index contributed by atoms with van der Waals surface area (Å²) in [6.45, 7) is 0.439. The SMILES string of the molecule is Cn1nccc1Cc1cc(-c2cc(F)c3c(c2)CCN3C(=O)Cc2cccnc2Cl)ccn1. The summed E-state index contributed by atoms with van der Waals surface area (Å²) in [5.74, 6) is -0.603. The van der Waals surface area contributed by atoms with E-state index in [0.717, 1.165) is 28.1 Å². The molecule has 0 unspecified atom stereocenters. The zero-order valence-electron chi connectivity index (χ0n) is 18.0. The number of hydrogen-bond donors (Lipinski definition) is 0. The molecule has 0 saturated carbocycles. The molecule has 0 saturated heterocycles. The highest BCUT2D eigenvalue weighted by Crippen LogP contribution is 2.36. The summed E-state index contributed by atoms with van der Waals surface area (Å²) in [7, 11) is 1.89. The number of benzene rings is 1. The molecule has 33 heavy (non-hydrogen) atoms. The number of amides is 1. The molecule has 166 valence electrons. The van der Waals surface area contributed by atoms with Crippen molar-refractivity contribution in [3.63, 3.8) is 0 Å². The maximum atomic E-state index is 15.3. The lowest BCUT2D eigenvalue weighted by molar-refractivity contribution is -0.117. The van der Waals surface area contributed by atoms with E-state index in [1.807, 2.05) is 36.0 Å². The Morgan fingerprint density at radius 1 is 1.09 bits per heavy atom. The van der Waals surface area contributed by atoms with Crippen LogP contribution in [0.4, 0.5) is 10.1 Å². The molecule has 1 aliphatic heterocycles. The maximum absolute atomic E-state index is 15.3. The Kier molecular flexibility index (Phi) is 5.64. The lowest BCUT2D eigenvalue weighted by Crippen LogP contribution is -2.31. The second kappa shape index (κ2) is 8.75. The standard InChI is InChI=1S/C25H21ClFN5O/c1-31-21(5-9-30-31)15-20-12-16(4-8-28-20)19-11-17-6-10-32(24(17)22(27)13-19)23(33)14-18-3-2-7-29-25(18)26/h2-5,7-9,11-13H,6,10,14-15H2,1H3. The van der Waals surface area contributed by atoms with Crippen molar-refractivity contribution in [2.75, 3.05) is 11.4 Å². The van der Waals surface area contributed by atoms with Crippen LogP contribution in [0.25, 0.3) is 11.1 Å². The third-order valence-corrected chi connectivity index (χ3v) is 6.27. The number of pyridine rings is 2. The minimum Gasteiger partial charge on any atom is -0.309 e. The van der Waals surface area contributed by atoms with Gasteiger partial charge in [0.15, 0.2) is 0 Å². The monoisotopic (exact) mass is 461 g/mol. The first-order valence-corrected chi connectivity index (χ1v) is 11.0. The minimum atomic E-state index is -0.407. The number of rotatable bonds is 5. The van der Waals surface area contributed by atoms with E-state index in [0.29, 0.717) is 35.8 Å². The van der Waals surface area contributed by atoms with Gasteiger partial charge in [0.05, 0.1) is 12.1 Å². The van der Waals surface area contributed by atoms with Gasteiger partial charge in [0.25, 0.3) is 0 Å². The van der Waals surface area contributed by atoms with E-state index in [4.69, 9.17) is 11.6 Å². The fourth-order valence-corrected chi connectivity index (χ4v) is 4.42. The summed E-state index contributed by atoms with van der Waals surface area (Å²) in [6.07, 6.45) is 6.37. The lowest BCUT2D eigenvalue weighted by Gasteiger charge is -2.19. The van der Waals surface area contributed by atoms with Gasteiger partial charge in [-0.15, -0.1) is 0 Å². The molecule has 6 nitrogen and oxygen atoms in total. The van der Waals surface area contributed by atoms with Crippen molar-refractivity contribution in [1.82, 2.24) is 19.7 Å². The molecule has 3 aromatic heterocycles. The summed E-state index contributed by atoms with van der Waals surface area (Å²) in [5.41, 5.74) is 5.38. The van der Waals surface area contributed by atoms with Crippen molar-refractivity contribution >= 4 is 23.2 Å². The number of carbonyl (C=O) groups is 1. The average Bonchev–Trinajstić information content (AvgIpc) is 3.42. The first kappa shape index (κ1) is 21.3. The van der Waals surface area contributed by atoms with Crippen LogP contribution in [0.15, 0.2) is 61.1 Å². The van der Waals surface area contributed by atoms with Gasteiger partial charge in [-0.1, -0.05) is 17.7 Å². The summed E-state index contributed by atoms with van der Waals surface area (Å²) in [6, 6.07) is 12.7. The van der Waals surface area contributed by atoms with Crippen molar-refractivity contribution in [3.05, 3.63) is 94.5 Å². The van der Waals surface area contributed by atoms with Gasteiger partial charge in [-0.05, 0) is 65.1 Å². The average molecular weight is 462 g/mol. The first-order chi connectivity index (χ1) is 16.0. The van der Waals surface area contributed by atoms with E-state index in [2.05, 4.69) is 15.1 Å². The molecular weight excluding hydrogens is 441 g/mol. The highest BCUT2D eigenvalue weighted by atomic mass is 35.5. The van der Waals surface area contributed by atoms with E-state index in [-0.39, 0.29) is 12.3 Å². The topological polar surface area (TPSA) is 63.9 Å². The maximum Gasteiger partial charge on any atom is 0.231 e. The molecule has 1 aliphatic rings. The van der Waals surface area contributed by atoms with Crippen LogP contribution in [-0.2, 0) is 31.1 Å². The van der Waals surface area contributed by atoms with Crippen molar-refractivity contribution in [1.29, 1.82) is 0 Å². The van der Waals surface area contributed by atoms with Crippen LogP contribution in [0.1, 0.15) is 22.5 Å². The van der Waals surface area contributed by atoms with Crippen molar-refractivity contribution in [3.8, 4) is 11.1 Å². The molecule has 4 aromatic rings. The van der Waals surface area contributed by atoms with Crippen LogP contribution in [0.2, 0.25) is 5.15 Å². The fraction of sp³-hybridized carbons (Fsp3) is 0.200. The Balaban J connectivity index is 1.40. The summed E-state index contributed by atoms with van der Waals surface area (Å²) in [5, 5.41) is 4.49. The molecule has 0 radical (unpaired) electrons. The van der Waals surface area contributed by atoms with Crippen LogP contribution in [-0.4, -0.2) is 32.2 Å². The lowest BCUT2D eigenvalue weighted by atomic mass is 10.0. The van der Waals surface area contributed by atoms with Gasteiger partial charge >= 0.3 is 0 Å². The molecule has 1 amide bonds. The molecule has 1 aromatic carbocycles. The molecule has 8 heteroatoms. The Morgan fingerprint density at radius 3 is 2.76 bits per heavy atom. The predicted molar refractivity (Wildman–Crippen MR) is 125 cm³/mol. The second-order valence-corrected chi connectivity index (χ2v) is 8.41. The molecule has 0 bridgehead atoms. The van der Waals surface area contributed by atoms with Gasteiger partial charge in [0.1, 0.15) is 11.0 Å². The molecule has 4 heterocycles. The fourth-order valence-electron chi connectivity index (χ4n) is 4.23. The number of aryl methyl sites for hydroxylation is 1. The summed E-state index contributed by atoms with van der Waals surface area (Å²) < 4.78 is 17.1. The number of fused-ring (bicyclic) bond motifs is 1. The van der Waals surface area contributed by atoms with Gasteiger partial charge in [-0.3, -0.25) is 14.5 Å². The quantitative estimate of drug-likeness (QED) is 0.413. The largest absolute Gasteiger partial charge is 0.309 e. The Morgan fingerprint density at radius 2 is 1.97 bits per heavy atom. The first-order valence-electron chi connectivity index (χ1n) is 10.6. The number of aromatic nitrogens is 4. The Bertz CT molecular complexity index is 1350. The van der Waals surface area contributed by atoms with Gasteiger partial charge in [0.2, 0.25) is 5.91 Å². The zero-order chi connectivity index (χ0) is 22.9. The minimum absolute atomic E-state index is 0.0784. The van der Waals surface area contributed by atoms with Gasteiger partial charge in [-0.25, -0.2) is 9.37 Å². The van der Waals surface area contributed by atoms with E-state index < -0.39 is 5.82 Å². The normalized spacial score (nSPS) is 12.8. The second-order valence-electron chi connectivity index (χ2n) is 8.05. The highest BCUT2D eigenvalue weighted by molar-refractivity contribution is 6.30. The molecule has 5 rings (SSSR count). The third-order valence-electron chi connectivity index (χ3n) is 5.93. The number of carbonyl (C=O) groups excluding carboxylic acids is 1. The molecule has 0 spiro atoms. The van der Waals surface area contributed by atoms with E-state index in [1.54, 1.807) is 30.7 Å². The van der Waals surface area contributed by atoms with Crippen LogP contribution in [0.5, 0.6) is 0 Å². The van der Waals surface area contributed by atoms with Gasteiger partial charge in [-0.2, -0.15) is 5.10 Å². The van der Waals surface area contributed by atoms with Gasteiger partial charge < -0.3 is 4.90 Å². The molecular formula is C25H21ClFN5O. The number of nitrogens with zero attached hydrogens (tertiary/aromatic N) is 5. The van der Waals surface area contributed by atoms with E-state index in [9.17, 15) is 4.79 Å². The zero-order valence-corrected chi connectivity index (χ0v) is 18.8. The van der Waals surface area contributed by atoms with Crippen molar-refractivity contribution in [2.45, 2.75) is 19.3 Å². The van der Waals surface area contributed by atoms with Crippen LogP contribution in [0, 0.1) is 5.82 Å². The van der Waals surface area contributed by atoms with E-state index >= 15 is 4.39 Å². The van der Waals surface area contributed by atoms with E-state index in [1.165, 1.54) is 11.0 Å². The van der Waals surface area contributed by atoms with Crippen LogP contribution >= 0.6 is 11.6 Å². The number of anilines is 1. The van der Waals surface area contributed by atoms with Crippen LogP contribution in [0.3, 0.4) is 0 Å². The smallest absolute Gasteiger partial charge is 0.231 e. The highest BCUT2D eigenvalue weighted by Gasteiger charge is 2.29. The third kappa shape index (κ3) is 4.24. The summed E-state index contributed by atoms with van der Waals surface area (Å²) >= 11 is 6.10. The van der Waals surface area contributed by atoms with Gasteiger partial charge in [0, 0.05) is 50.0 Å². The Hall–Kier alpha value is -3.58. The molecule has 0 atom stereocenters. The number of hydrogen-bond acceptors (Lipinski definition) is 4. The van der Waals surface area contributed by atoms with Crippen LogP contribution < -0.4 is 4.90 Å². The summed E-state index contributed by atoms with van der Waals surface area (Å²) in [4.78, 5) is 22.9. The molecule has 0 N–H and O–H groups in total. The van der Waals surface area contributed by atoms with Crippen molar-refractivity contribution < 1.29 is 9.18 Å². The Labute approximate surface area is 195 Å².